The molecule has 3 aliphatic heterocycles. The van der Waals surface area contributed by atoms with Crippen molar-refractivity contribution in [2.45, 2.75) is 65.1 Å². The normalized spacial score (nSPS) is 27.1. The molecule has 5 nitrogen and oxygen atoms in total. The van der Waals surface area contributed by atoms with Crippen molar-refractivity contribution >= 4 is 28.5 Å². The minimum atomic E-state index is 0.0773. The zero-order valence-corrected chi connectivity index (χ0v) is 22.2. The maximum atomic E-state index is 5.79. The van der Waals surface area contributed by atoms with Crippen LogP contribution < -0.4 is 21.2 Å². The van der Waals surface area contributed by atoms with E-state index >= 15 is 0 Å². The molecule has 7 heteroatoms. The van der Waals surface area contributed by atoms with Crippen molar-refractivity contribution in [1.82, 2.24) is 19.0 Å². The molecule has 0 aliphatic carbocycles. The van der Waals surface area contributed by atoms with Gasteiger partial charge in [0, 0.05) is 0 Å². The van der Waals surface area contributed by atoms with Gasteiger partial charge in [-0.2, -0.15) is 0 Å². The van der Waals surface area contributed by atoms with Crippen molar-refractivity contribution in [2.24, 2.45) is 5.41 Å². The number of nitrogens with zero attached hydrogens (tertiary/aromatic N) is 4. The van der Waals surface area contributed by atoms with Crippen LogP contribution in [0.5, 0.6) is 0 Å². The molecular formula is C25H30IN4OS-. The van der Waals surface area contributed by atoms with Gasteiger partial charge in [-0.15, -0.1) is 0 Å². The molecule has 0 radical (unpaired) electrons. The number of benzene rings is 1. The Kier molecular flexibility index (Phi) is 5.22. The minimum absolute atomic E-state index is 0.0773. The van der Waals surface area contributed by atoms with Crippen molar-refractivity contribution in [3.8, 4) is 0 Å². The van der Waals surface area contributed by atoms with Crippen molar-refractivity contribution in [3.63, 3.8) is 0 Å². The molecule has 3 aromatic rings. The molecule has 2 unspecified atom stereocenters. The number of aromatic nitrogens is 3. The summed E-state index contributed by atoms with van der Waals surface area (Å²) < 4.78 is 12.1. The topological polar surface area (TPSA) is 47.1 Å². The third kappa shape index (κ3) is 3.21. The fourth-order valence-corrected chi connectivity index (χ4v) is 11.7. The number of alkyl halides is 2. The van der Waals surface area contributed by atoms with Gasteiger partial charge >= 0.3 is 205 Å². The molecule has 32 heavy (non-hydrogen) atoms. The molecule has 3 aliphatic rings. The number of aryl methyl sites for hydroxylation is 2. The molecular weight excluding hydrogens is 531 g/mol. The van der Waals surface area contributed by atoms with E-state index < -0.39 is 0 Å². The molecule has 170 valence electrons. The van der Waals surface area contributed by atoms with Gasteiger partial charge in [-0.05, 0) is 0 Å². The Labute approximate surface area is 204 Å². The van der Waals surface area contributed by atoms with Gasteiger partial charge in [-0.3, -0.25) is 0 Å². The van der Waals surface area contributed by atoms with Gasteiger partial charge in [-0.1, -0.05) is 0 Å². The second-order valence-corrected chi connectivity index (χ2v) is 14.7. The SMILES string of the molecule is CC[C@@]12C=C(c3nc(C)no3)n3c4c(c5cc(SN(C)C)ccc53)CCC(CCC1)[I-]C42. The van der Waals surface area contributed by atoms with Gasteiger partial charge in [0.05, 0.1) is 0 Å². The van der Waals surface area contributed by atoms with Crippen LogP contribution in [0.15, 0.2) is 33.7 Å². The fraction of sp³-hybridized carbons (Fsp3) is 0.520. The number of allylic oxidation sites excluding steroid dienone is 1. The van der Waals surface area contributed by atoms with Crippen LogP contribution >= 0.6 is 11.9 Å². The van der Waals surface area contributed by atoms with Crippen LogP contribution in [0.25, 0.3) is 16.6 Å². The molecule has 0 amide bonds. The Morgan fingerprint density at radius 2 is 2.19 bits per heavy atom. The van der Waals surface area contributed by atoms with Crippen molar-refractivity contribution in [3.05, 3.63) is 47.2 Å². The van der Waals surface area contributed by atoms with Crippen LogP contribution in [0.1, 0.15) is 65.9 Å². The Balaban J connectivity index is 1.67. The van der Waals surface area contributed by atoms with Gasteiger partial charge in [0.1, 0.15) is 0 Å². The van der Waals surface area contributed by atoms with Gasteiger partial charge in [0.15, 0.2) is 0 Å². The number of hydrogen-bond donors (Lipinski definition) is 0. The Bertz CT molecular complexity index is 1230. The number of fused-ring (bicyclic) bond motifs is 4. The van der Waals surface area contributed by atoms with Crippen LogP contribution in [-0.2, 0) is 6.42 Å². The molecule has 1 saturated heterocycles. The van der Waals surface area contributed by atoms with Crippen LogP contribution in [0.2, 0.25) is 0 Å². The summed E-state index contributed by atoms with van der Waals surface area (Å²) in [6.07, 6.45) is 10.3. The molecule has 0 spiro atoms. The maximum absolute atomic E-state index is 5.79. The molecule has 3 atom stereocenters. The molecule has 6 rings (SSSR count). The molecule has 0 saturated carbocycles. The zero-order chi connectivity index (χ0) is 22.0. The van der Waals surface area contributed by atoms with E-state index in [0.717, 1.165) is 9.62 Å². The predicted molar refractivity (Wildman–Crippen MR) is 125 cm³/mol. The summed E-state index contributed by atoms with van der Waals surface area (Å²) in [6.45, 7) is 4.31. The summed E-state index contributed by atoms with van der Waals surface area (Å²) in [5.74, 6) is 1.37. The summed E-state index contributed by atoms with van der Waals surface area (Å²) in [5, 5.41) is 5.58. The van der Waals surface area contributed by atoms with E-state index in [4.69, 9.17) is 9.51 Å². The van der Waals surface area contributed by atoms with Crippen LogP contribution in [-0.4, -0.2) is 37.0 Å². The quantitative estimate of drug-likeness (QED) is 0.279. The second-order valence-electron chi connectivity index (χ2n) is 9.56. The van der Waals surface area contributed by atoms with E-state index in [1.165, 1.54) is 54.3 Å². The first-order chi connectivity index (χ1) is 15.5. The third-order valence-electron chi connectivity index (χ3n) is 7.36. The summed E-state index contributed by atoms with van der Waals surface area (Å²) in [5.41, 5.74) is 5.82. The molecule has 2 bridgehead atoms. The van der Waals surface area contributed by atoms with Gasteiger partial charge in [0.25, 0.3) is 0 Å². The summed E-state index contributed by atoms with van der Waals surface area (Å²) >= 11 is 1.88. The van der Waals surface area contributed by atoms with E-state index in [-0.39, 0.29) is 26.6 Å². The van der Waals surface area contributed by atoms with E-state index in [1.807, 2.05) is 6.92 Å². The van der Waals surface area contributed by atoms with Crippen LogP contribution in [0, 0.1) is 12.3 Å². The van der Waals surface area contributed by atoms with Crippen molar-refractivity contribution in [2.75, 3.05) is 14.1 Å². The summed E-state index contributed by atoms with van der Waals surface area (Å²) in [7, 11) is 4.22. The van der Waals surface area contributed by atoms with Gasteiger partial charge < -0.3 is 0 Å². The molecule has 1 fully saturated rings. The van der Waals surface area contributed by atoms with Crippen molar-refractivity contribution in [1.29, 1.82) is 0 Å². The predicted octanol–water partition coefficient (Wildman–Crippen LogP) is 2.83. The first-order valence-electron chi connectivity index (χ1n) is 11.7. The van der Waals surface area contributed by atoms with E-state index in [0.29, 0.717) is 15.6 Å². The van der Waals surface area contributed by atoms with Crippen LogP contribution in [0.4, 0.5) is 0 Å². The van der Waals surface area contributed by atoms with E-state index in [9.17, 15) is 0 Å². The number of hydrogen-bond acceptors (Lipinski definition) is 5. The number of halogens is 1. The van der Waals surface area contributed by atoms with E-state index in [1.54, 1.807) is 23.2 Å². The Hall–Kier alpha value is -1.32. The van der Waals surface area contributed by atoms with Gasteiger partial charge in [0.2, 0.25) is 0 Å². The fourth-order valence-electron chi connectivity index (χ4n) is 5.90. The zero-order valence-electron chi connectivity index (χ0n) is 19.2. The average Bonchev–Trinajstić information content (AvgIpc) is 3.20. The first kappa shape index (κ1) is 21.2. The number of rotatable bonds is 4. The standard InChI is InChI=1S/C25H30IN4OS/c1-5-25-12-6-7-16-8-10-18-19-13-17(32-29(3)4)9-11-20(19)30(22(18)23(25)26-16)21(14-25)24-27-15(2)28-31-24/h9,11,13-14,16,23H,5-8,10,12H2,1-4H3/q-1/t16?,23?,25-/m0/s1. The molecule has 0 N–H and O–H groups in total. The average molecular weight is 562 g/mol. The first-order valence-corrected chi connectivity index (χ1v) is 14.9. The second kappa shape index (κ2) is 7.87. The summed E-state index contributed by atoms with van der Waals surface area (Å²) in [4.78, 5) is 6.01. The van der Waals surface area contributed by atoms with E-state index in [2.05, 4.69) is 59.3 Å². The summed E-state index contributed by atoms with van der Waals surface area (Å²) in [6, 6.07) is 7.00. The van der Waals surface area contributed by atoms with Crippen LogP contribution in [0.3, 0.4) is 0 Å². The monoisotopic (exact) mass is 561 g/mol. The Morgan fingerprint density at radius 3 is 2.94 bits per heavy atom. The molecule has 2 aromatic heterocycles. The van der Waals surface area contributed by atoms with Gasteiger partial charge in [-0.25, -0.2) is 0 Å². The molecule has 5 heterocycles. The Morgan fingerprint density at radius 1 is 1.31 bits per heavy atom. The van der Waals surface area contributed by atoms with Crippen molar-refractivity contribution < 1.29 is 25.7 Å². The molecule has 1 aromatic carbocycles. The third-order valence-corrected chi connectivity index (χ3v) is 13.0.